The third kappa shape index (κ3) is 3.94. The van der Waals surface area contributed by atoms with Gasteiger partial charge in [-0.2, -0.15) is 5.26 Å². The quantitative estimate of drug-likeness (QED) is 0.649. The predicted octanol–water partition coefficient (Wildman–Crippen LogP) is 4.24. The molecule has 5 heteroatoms. The molecule has 0 heterocycles. The Morgan fingerprint density at radius 1 is 1.38 bits per heavy atom. The van der Waals surface area contributed by atoms with Gasteiger partial charge in [0.15, 0.2) is 0 Å². The van der Waals surface area contributed by atoms with Crippen LogP contribution in [0.25, 0.3) is 0 Å². The van der Waals surface area contributed by atoms with Crippen molar-refractivity contribution in [3.8, 4) is 6.07 Å². The van der Waals surface area contributed by atoms with Crippen LogP contribution in [0.3, 0.4) is 0 Å². The van der Waals surface area contributed by atoms with Crippen molar-refractivity contribution in [3.05, 3.63) is 33.9 Å². The van der Waals surface area contributed by atoms with Crippen molar-refractivity contribution in [1.82, 2.24) is 0 Å². The summed E-state index contributed by atoms with van der Waals surface area (Å²) in [6, 6.07) is 6.98. The number of nitro benzene ring substituents is 1. The van der Waals surface area contributed by atoms with Crippen molar-refractivity contribution in [3.63, 3.8) is 0 Å². The summed E-state index contributed by atoms with van der Waals surface area (Å²) < 4.78 is 0. The van der Waals surface area contributed by atoms with E-state index in [1.807, 2.05) is 6.07 Å². The van der Waals surface area contributed by atoms with Gasteiger partial charge >= 0.3 is 0 Å². The Labute approximate surface area is 125 Å². The fourth-order valence-electron chi connectivity index (χ4n) is 3.11. The lowest BCUT2D eigenvalue weighted by Gasteiger charge is -2.29. The van der Waals surface area contributed by atoms with Crippen LogP contribution in [-0.4, -0.2) is 11.0 Å². The molecule has 1 N–H and O–H groups in total. The number of anilines is 1. The van der Waals surface area contributed by atoms with Gasteiger partial charge in [-0.25, -0.2) is 0 Å². The molecule has 1 aliphatic carbocycles. The van der Waals surface area contributed by atoms with Crippen LogP contribution in [0.2, 0.25) is 0 Å². The summed E-state index contributed by atoms with van der Waals surface area (Å²) in [6.07, 6.45) is 7.29. The lowest BCUT2D eigenvalue weighted by Crippen LogP contribution is -2.26. The van der Waals surface area contributed by atoms with Gasteiger partial charge < -0.3 is 5.32 Å². The summed E-state index contributed by atoms with van der Waals surface area (Å²) in [5, 5.41) is 23.2. The maximum atomic E-state index is 10.8. The molecule has 21 heavy (non-hydrogen) atoms. The molecule has 0 saturated heterocycles. The number of hydrogen-bond acceptors (Lipinski definition) is 4. The average molecular weight is 287 g/mol. The summed E-state index contributed by atoms with van der Waals surface area (Å²) in [5.41, 5.74) is 0.787. The van der Waals surface area contributed by atoms with Gasteiger partial charge in [-0.05, 0) is 43.7 Å². The Balaban J connectivity index is 1.98. The first kappa shape index (κ1) is 15.3. The van der Waals surface area contributed by atoms with Crippen LogP contribution in [0.4, 0.5) is 11.4 Å². The number of hydrogen-bond donors (Lipinski definition) is 1. The van der Waals surface area contributed by atoms with E-state index in [1.54, 1.807) is 12.1 Å². The Hall–Kier alpha value is -2.09. The molecule has 0 aliphatic heterocycles. The molecule has 1 aromatic carbocycles. The van der Waals surface area contributed by atoms with Gasteiger partial charge in [0.2, 0.25) is 0 Å². The molecule has 0 radical (unpaired) electrons. The third-order valence-electron chi connectivity index (χ3n) is 4.23. The lowest BCUT2D eigenvalue weighted by molar-refractivity contribution is -0.385. The summed E-state index contributed by atoms with van der Waals surface area (Å²) in [7, 11) is 0. The molecule has 2 rings (SSSR count). The van der Waals surface area contributed by atoms with Crippen LogP contribution in [0.1, 0.15) is 51.0 Å². The smallest absolute Gasteiger partial charge is 0.287 e. The molecule has 0 unspecified atom stereocenters. The van der Waals surface area contributed by atoms with E-state index >= 15 is 0 Å². The number of nitrogens with one attached hydrogen (secondary N) is 1. The van der Waals surface area contributed by atoms with E-state index in [1.165, 1.54) is 31.7 Å². The van der Waals surface area contributed by atoms with Crippen molar-refractivity contribution < 1.29 is 4.92 Å². The number of rotatable bonds is 5. The van der Waals surface area contributed by atoms with Crippen molar-refractivity contribution in [2.45, 2.75) is 51.5 Å². The minimum Gasteiger partial charge on any atom is -0.382 e. The van der Waals surface area contributed by atoms with E-state index in [9.17, 15) is 10.1 Å². The monoisotopic (exact) mass is 287 g/mol. The standard InChI is InChI=1S/C16H21N3O2/c1-2-3-12-4-6-14(7-5-12)18-15-8-9-16(19(20)21)13(10-15)11-17/h8-10,12,14,18H,2-7H2,1H3. The molecular weight excluding hydrogens is 266 g/mol. The second-order valence-electron chi connectivity index (χ2n) is 5.75. The largest absolute Gasteiger partial charge is 0.382 e. The van der Waals surface area contributed by atoms with Gasteiger partial charge in [-0.15, -0.1) is 0 Å². The minimum atomic E-state index is -0.516. The minimum absolute atomic E-state index is 0.115. The molecule has 1 fully saturated rings. The van der Waals surface area contributed by atoms with Gasteiger partial charge in [0.05, 0.1) is 4.92 Å². The average Bonchev–Trinajstić information content (AvgIpc) is 2.49. The van der Waals surface area contributed by atoms with Crippen LogP contribution in [0, 0.1) is 27.4 Å². The molecule has 0 atom stereocenters. The van der Waals surface area contributed by atoms with E-state index in [4.69, 9.17) is 5.26 Å². The van der Waals surface area contributed by atoms with Gasteiger partial charge in [0.25, 0.3) is 5.69 Å². The summed E-state index contributed by atoms with van der Waals surface area (Å²) >= 11 is 0. The lowest BCUT2D eigenvalue weighted by atomic mass is 9.83. The van der Waals surface area contributed by atoms with Crippen molar-refractivity contribution in [1.29, 1.82) is 5.26 Å². The highest BCUT2D eigenvalue weighted by Crippen LogP contribution is 2.30. The van der Waals surface area contributed by atoms with Gasteiger partial charge in [-0.3, -0.25) is 10.1 Å². The molecule has 1 aromatic rings. The first-order chi connectivity index (χ1) is 10.1. The van der Waals surface area contributed by atoms with Gasteiger partial charge in [0.1, 0.15) is 11.6 Å². The number of nitriles is 1. The Kier molecular flexibility index (Phi) is 5.15. The SMILES string of the molecule is CCCC1CCC(Nc2ccc([N+](=O)[O-])c(C#N)c2)CC1. The second-order valence-corrected chi connectivity index (χ2v) is 5.75. The molecule has 1 saturated carbocycles. The molecule has 112 valence electrons. The van der Waals surface area contributed by atoms with Crippen LogP contribution in [0.5, 0.6) is 0 Å². The number of benzene rings is 1. The van der Waals surface area contributed by atoms with Crippen molar-refractivity contribution >= 4 is 11.4 Å². The van der Waals surface area contributed by atoms with Gasteiger partial charge in [0, 0.05) is 17.8 Å². The highest BCUT2D eigenvalue weighted by atomic mass is 16.6. The van der Waals surface area contributed by atoms with Crippen LogP contribution in [-0.2, 0) is 0 Å². The Morgan fingerprint density at radius 3 is 2.67 bits per heavy atom. The zero-order valence-corrected chi connectivity index (χ0v) is 12.3. The van der Waals surface area contributed by atoms with E-state index < -0.39 is 4.92 Å². The Bertz CT molecular complexity index is 543. The summed E-state index contributed by atoms with van der Waals surface area (Å²) in [5.74, 6) is 0.847. The predicted molar refractivity (Wildman–Crippen MR) is 82.1 cm³/mol. The van der Waals surface area contributed by atoms with E-state index in [0.717, 1.165) is 24.4 Å². The fourth-order valence-corrected chi connectivity index (χ4v) is 3.11. The summed E-state index contributed by atoms with van der Waals surface area (Å²) in [4.78, 5) is 10.3. The highest BCUT2D eigenvalue weighted by Gasteiger charge is 2.21. The molecule has 5 nitrogen and oxygen atoms in total. The van der Waals surface area contributed by atoms with E-state index in [2.05, 4.69) is 12.2 Å². The van der Waals surface area contributed by atoms with Gasteiger partial charge in [-0.1, -0.05) is 19.8 Å². The molecule has 0 aromatic heterocycles. The maximum Gasteiger partial charge on any atom is 0.287 e. The topological polar surface area (TPSA) is 79.0 Å². The Morgan fingerprint density at radius 2 is 2.10 bits per heavy atom. The zero-order chi connectivity index (χ0) is 15.2. The van der Waals surface area contributed by atoms with Crippen LogP contribution < -0.4 is 5.32 Å². The number of nitrogens with zero attached hydrogens (tertiary/aromatic N) is 2. The maximum absolute atomic E-state index is 10.8. The van der Waals surface area contributed by atoms with Crippen molar-refractivity contribution in [2.24, 2.45) is 5.92 Å². The highest BCUT2D eigenvalue weighted by molar-refractivity contribution is 5.59. The molecule has 0 spiro atoms. The fraction of sp³-hybridized carbons (Fsp3) is 0.562. The summed E-state index contributed by atoms with van der Waals surface area (Å²) in [6.45, 7) is 2.23. The molecule has 1 aliphatic rings. The first-order valence-electron chi connectivity index (χ1n) is 7.59. The third-order valence-corrected chi connectivity index (χ3v) is 4.23. The first-order valence-corrected chi connectivity index (χ1v) is 7.59. The van der Waals surface area contributed by atoms with Crippen LogP contribution in [0.15, 0.2) is 18.2 Å². The van der Waals surface area contributed by atoms with E-state index in [-0.39, 0.29) is 11.3 Å². The van der Waals surface area contributed by atoms with Crippen LogP contribution >= 0.6 is 0 Å². The number of nitro groups is 1. The molecular formula is C16H21N3O2. The second kappa shape index (κ2) is 7.07. The molecule has 0 amide bonds. The zero-order valence-electron chi connectivity index (χ0n) is 12.3. The van der Waals surface area contributed by atoms with E-state index in [0.29, 0.717) is 6.04 Å². The normalized spacial score (nSPS) is 21.5. The molecule has 0 bridgehead atoms. The van der Waals surface area contributed by atoms with Crippen molar-refractivity contribution in [2.75, 3.05) is 5.32 Å².